The van der Waals surface area contributed by atoms with Crippen LogP contribution in [0.2, 0.25) is 0 Å². The van der Waals surface area contributed by atoms with Crippen molar-refractivity contribution in [1.82, 2.24) is 15.5 Å². The van der Waals surface area contributed by atoms with Crippen LogP contribution in [-0.2, 0) is 14.4 Å². The van der Waals surface area contributed by atoms with E-state index in [-0.39, 0.29) is 31.3 Å². The molecule has 0 spiro atoms. The molecule has 7 heteroatoms. The minimum Gasteiger partial charge on any atom is -0.481 e. The number of hydrogen-bond donors (Lipinski definition) is 3. The maximum Gasteiger partial charge on any atom is 0.305 e. The number of nitrogens with one attached hydrogen (secondary N) is 2. The van der Waals surface area contributed by atoms with Gasteiger partial charge in [-0.25, -0.2) is 0 Å². The minimum atomic E-state index is -0.917. The van der Waals surface area contributed by atoms with Crippen molar-refractivity contribution in [2.75, 3.05) is 26.2 Å². The van der Waals surface area contributed by atoms with E-state index >= 15 is 0 Å². The first kappa shape index (κ1) is 11.0. The van der Waals surface area contributed by atoms with Crippen LogP contribution in [0.1, 0.15) is 6.42 Å². The molecule has 0 aliphatic carbocycles. The Morgan fingerprint density at radius 2 is 1.88 bits per heavy atom. The number of nitrogens with zero attached hydrogens (tertiary/aromatic N) is 1. The quantitative estimate of drug-likeness (QED) is 0.472. The molecule has 2 amide bonds. The van der Waals surface area contributed by atoms with Crippen molar-refractivity contribution in [3.63, 3.8) is 0 Å². The van der Waals surface area contributed by atoms with Crippen LogP contribution in [0.5, 0.6) is 0 Å². The molecular weight excluding hydrogens is 214 g/mol. The SMILES string of the molecule is O=C(O)CC1(N2CC(=O)NC(=O)C2)CNC1. The fourth-order valence-electron chi connectivity index (χ4n) is 2.13. The monoisotopic (exact) mass is 227 g/mol. The zero-order chi connectivity index (χ0) is 11.8. The maximum atomic E-state index is 11.2. The van der Waals surface area contributed by atoms with E-state index < -0.39 is 11.5 Å². The Kier molecular flexibility index (Phi) is 2.64. The van der Waals surface area contributed by atoms with Crippen molar-refractivity contribution < 1.29 is 19.5 Å². The van der Waals surface area contributed by atoms with E-state index in [9.17, 15) is 14.4 Å². The third-order valence-electron chi connectivity index (χ3n) is 3.01. The summed E-state index contributed by atoms with van der Waals surface area (Å²) in [5, 5.41) is 14.0. The average Bonchev–Trinajstić information content (AvgIpc) is 2.09. The summed E-state index contributed by atoms with van der Waals surface area (Å²) < 4.78 is 0. The number of hydrogen-bond acceptors (Lipinski definition) is 5. The van der Waals surface area contributed by atoms with Crippen LogP contribution in [0.15, 0.2) is 0 Å². The lowest BCUT2D eigenvalue weighted by atomic mass is 9.86. The molecule has 0 saturated carbocycles. The van der Waals surface area contributed by atoms with Gasteiger partial charge in [0.15, 0.2) is 0 Å². The zero-order valence-electron chi connectivity index (χ0n) is 8.65. The largest absolute Gasteiger partial charge is 0.481 e. The van der Waals surface area contributed by atoms with E-state index in [1.807, 2.05) is 0 Å². The van der Waals surface area contributed by atoms with Crippen LogP contribution in [0.4, 0.5) is 0 Å². The second-order valence-electron chi connectivity index (χ2n) is 4.23. The Hall–Kier alpha value is -1.47. The molecule has 7 nitrogen and oxygen atoms in total. The fourth-order valence-corrected chi connectivity index (χ4v) is 2.13. The number of aliphatic carboxylic acids is 1. The van der Waals surface area contributed by atoms with Crippen molar-refractivity contribution in [3.05, 3.63) is 0 Å². The molecule has 2 fully saturated rings. The smallest absolute Gasteiger partial charge is 0.305 e. The second-order valence-corrected chi connectivity index (χ2v) is 4.23. The number of carbonyl (C=O) groups is 3. The summed E-state index contributed by atoms with van der Waals surface area (Å²) in [4.78, 5) is 34.9. The lowest BCUT2D eigenvalue weighted by molar-refractivity contribution is -0.148. The molecular formula is C9H13N3O4. The van der Waals surface area contributed by atoms with Gasteiger partial charge < -0.3 is 10.4 Å². The number of piperazine rings is 1. The van der Waals surface area contributed by atoms with E-state index in [1.54, 1.807) is 4.90 Å². The molecule has 16 heavy (non-hydrogen) atoms. The van der Waals surface area contributed by atoms with Gasteiger partial charge in [-0.3, -0.25) is 24.6 Å². The molecule has 0 aromatic heterocycles. The van der Waals surface area contributed by atoms with Crippen molar-refractivity contribution >= 4 is 17.8 Å². The Morgan fingerprint density at radius 3 is 2.25 bits per heavy atom. The standard InChI is InChI=1S/C9H13N3O4/c13-6-2-12(3-7(14)11-6)9(1-8(15)16)4-10-5-9/h10H,1-5H2,(H,15,16)(H,11,13,14). The predicted molar refractivity (Wildman–Crippen MR) is 52.6 cm³/mol. The highest BCUT2D eigenvalue weighted by Gasteiger charge is 2.46. The summed E-state index contributed by atoms with van der Waals surface area (Å²) in [6.45, 7) is 1.17. The highest BCUT2D eigenvalue weighted by atomic mass is 16.4. The Bertz CT molecular complexity index is 335. The summed E-state index contributed by atoms with van der Waals surface area (Å²) in [6, 6.07) is 0. The van der Waals surface area contributed by atoms with Gasteiger partial charge in [-0.15, -0.1) is 0 Å². The molecule has 0 atom stereocenters. The van der Waals surface area contributed by atoms with Crippen LogP contribution >= 0.6 is 0 Å². The molecule has 0 aromatic rings. The van der Waals surface area contributed by atoms with Crippen LogP contribution < -0.4 is 10.6 Å². The first-order valence-corrected chi connectivity index (χ1v) is 5.02. The van der Waals surface area contributed by atoms with Gasteiger partial charge in [-0.2, -0.15) is 0 Å². The van der Waals surface area contributed by atoms with E-state index in [2.05, 4.69) is 10.6 Å². The molecule has 2 heterocycles. The predicted octanol–water partition coefficient (Wildman–Crippen LogP) is -2.24. The number of imide groups is 1. The molecule has 2 aliphatic heterocycles. The van der Waals surface area contributed by atoms with Crippen molar-refractivity contribution in [2.45, 2.75) is 12.0 Å². The number of carbonyl (C=O) groups excluding carboxylic acids is 2. The van der Waals surface area contributed by atoms with Crippen molar-refractivity contribution in [3.8, 4) is 0 Å². The zero-order valence-corrected chi connectivity index (χ0v) is 8.65. The minimum absolute atomic E-state index is 0.0550. The molecule has 2 rings (SSSR count). The molecule has 3 N–H and O–H groups in total. The van der Waals surface area contributed by atoms with Crippen molar-refractivity contribution in [1.29, 1.82) is 0 Å². The van der Waals surface area contributed by atoms with Crippen LogP contribution in [-0.4, -0.2) is 59.5 Å². The van der Waals surface area contributed by atoms with Crippen molar-refractivity contribution in [2.24, 2.45) is 0 Å². The van der Waals surface area contributed by atoms with Gasteiger partial charge in [0.2, 0.25) is 11.8 Å². The van der Waals surface area contributed by atoms with E-state index in [0.717, 1.165) is 0 Å². The fraction of sp³-hybridized carbons (Fsp3) is 0.667. The summed E-state index contributed by atoms with van der Waals surface area (Å²) in [5.41, 5.74) is -0.584. The highest BCUT2D eigenvalue weighted by Crippen LogP contribution is 2.25. The Morgan fingerprint density at radius 1 is 1.31 bits per heavy atom. The van der Waals surface area contributed by atoms with E-state index in [4.69, 9.17) is 5.11 Å². The van der Waals surface area contributed by atoms with Gasteiger partial charge in [0.25, 0.3) is 0 Å². The molecule has 2 aliphatic rings. The summed E-state index contributed by atoms with van der Waals surface area (Å²) in [6.07, 6.45) is -0.0550. The maximum absolute atomic E-state index is 11.2. The van der Waals surface area contributed by atoms with Crippen LogP contribution in [0.3, 0.4) is 0 Å². The lowest BCUT2D eigenvalue weighted by Gasteiger charge is -2.50. The van der Waals surface area contributed by atoms with Gasteiger partial charge in [0, 0.05) is 13.1 Å². The lowest BCUT2D eigenvalue weighted by Crippen LogP contribution is -2.73. The number of amides is 2. The molecule has 0 bridgehead atoms. The first-order valence-electron chi connectivity index (χ1n) is 5.02. The Labute approximate surface area is 91.8 Å². The molecule has 2 saturated heterocycles. The average molecular weight is 227 g/mol. The van der Waals surface area contributed by atoms with Gasteiger partial charge in [0.1, 0.15) is 0 Å². The van der Waals surface area contributed by atoms with Gasteiger partial charge in [-0.1, -0.05) is 0 Å². The summed E-state index contributed by atoms with van der Waals surface area (Å²) >= 11 is 0. The topological polar surface area (TPSA) is 98.7 Å². The van der Waals surface area contributed by atoms with Gasteiger partial charge in [-0.05, 0) is 0 Å². The number of carboxylic acids is 1. The summed E-state index contributed by atoms with van der Waals surface area (Å²) in [5.74, 6) is -1.65. The molecule has 0 unspecified atom stereocenters. The highest BCUT2D eigenvalue weighted by molar-refractivity contribution is 5.99. The van der Waals surface area contributed by atoms with Gasteiger partial charge in [0.05, 0.1) is 25.0 Å². The second kappa shape index (κ2) is 3.84. The molecule has 0 aromatic carbocycles. The van der Waals surface area contributed by atoms with E-state index in [0.29, 0.717) is 13.1 Å². The summed E-state index contributed by atoms with van der Waals surface area (Å²) in [7, 11) is 0. The molecule has 88 valence electrons. The van der Waals surface area contributed by atoms with Gasteiger partial charge >= 0.3 is 5.97 Å². The third-order valence-corrected chi connectivity index (χ3v) is 3.01. The normalized spacial score (nSPS) is 24.8. The number of carboxylic acid groups (broad SMARTS) is 1. The molecule has 0 radical (unpaired) electrons. The number of rotatable bonds is 3. The van der Waals surface area contributed by atoms with E-state index in [1.165, 1.54) is 0 Å². The first-order chi connectivity index (χ1) is 7.52. The Balaban J connectivity index is 2.11. The third kappa shape index (κ3) is 1.91. The van der Waals surface area contributed by atoms with Crippen LogP contribution in [0.25, 0.3) is 0 Å². The van der Waals surface area contributed by atoms with Crippen LogP contribution in [0, 0.1) is 0 Å².